The first-order valence-corrected chi connectivity index (χ1v) is 35.6. The van der Waals surface area contributed by atoms with Crippen LogP contribution in [0.1, 0.15) is 356 Å². The van der Waals surface area contributed by atoms with Gasteiger partial charge in [0.1, 0.15) is 28.9 Å². The average molecular weight is 1720 g/mol. The minimum Gasteiger partial charge on any atom is -0.493 e. The third-order valence-corrected chi connectivity index (χ3v) is 18.3. The molecule has 648 valence electrons. The number of ether oxygens (including phenoxy) is 10. The summed E-state index contributed by atoms with van der Waals surface area (Å²) in [6.45, 7) is -33.5. The average Bonchev–Trinajstić information content (AvgIpc) is 0.640. The molecule has 10 aliphatic rings. The zero-order chi connectivity index (χ0) is 160. The predicted octanol–water partition coefficient (Wildman–Crippen LogP) is 17.4. The molecule has 0 amide bonds. The first kappa shape index (κ1) is 30.9. The molecule has 0 saturated carbocycles. The number of methoxy groups -OCH3 is 10. The second kappa shape index (κ2) is 41.7. The second-order valence-corrected chi connectivity index (χ2v) is 26.8. The molecule has 13 unspecified atom stereocenters. The lowest BCUT2D eigenvalue weighted by molar-refractivity contribution is -0.130. The fourth-order valence-electron chi connectivity index (χ4n) is 12.7. The highest BCUT2D eigenvalue weighted by atomic mass is 16.5. The molecule has 0 spiro atoms. The van der Waals surface area contributed by atoms with Gasteiger partial charge in [-0.25, -0.2) is 0 Å². The molecule has 20 heteroatoms. The second-order valence-electron chi connectivity index (χ2n) is 26.8. The van der Waals surface area contributed by atoms with Gasteiger partial charge in [-0.15, -0.1) is 0 Å². The van der Waals surface area contributed by atoms with Crippen molar-refractivity contribution in [3.8, 4) is 57.5 Å². The Hall–Kier alpha value is -7.75. The van der Waals surface area contributed by atoms with Crippen LogP contribution in [0, 0.1) is 59.1 Å². The maximum absolute atomic E-state index is 14.1. The van der Waals surface area contributed by atoms with Gasteiger partial charge in [0.25, 0.3) is 0 Å². The van der Waals surface area contributed by atoms with E-state index in [4.69, 9.17) is 161 Å². The van der Waals surface area contributed by atoms with Crippen molar-refractivity contribution in [2.24, 2.45) is 59.1 Å². The number of carbonyl (C=O) groups is 5. The van der Waals surface area contributed by atoms with Gasteiger partial charge < -0.3 is 47.4 Å². The van der Waals surface area contributed by atoms with Crippen LogP contribution in [0.5, 0.6) is 57.5 Å². The number of Topliss-reactive ketones (excluding diaryl/α,β-unsaturated/α-hetero) is 5. The molecule has 118 heavy (non-hydrogen) atoms. The summed E-state index contributed by atoms with van der Waals surface area (Å²) in [4.78, 5) is 68.7. The number of fused-ring (bicyclic) bond motifs is 15. The molecule has 15 rings (SSSR count). The Bertz CT molecular complexity index is 8430. The van der Waals surface area contributed by atoms with E-state index in [1.807, 2.05) is 0 Å². The zero-order valence-corrected chi connectivity index (χ0v) is 65.0. The normalized spacial score (nSPS) is 47.6. The van der Waals surface area contributed by atoms with Crippen molar-refractivity contribution in [2.45, 2.75) is 214 Å². The van der Waals surface area contributed by atoms with Crippen molar-refractivity contribution in [1.29, 1.82) is 0 Å². The largest absolute Gasteiger partial charge is 0.493 e. The van der Waals surface area contributed by atoms with E-state index < -0.39 is 503 Å². The van der Waals surface area contributed by atoms with Crippen LogP contribution in [0.15, 0.2) is 60.4 Å². The van der Waals surface area contributed by atoms with Gasteiger partial charge in [0.15, 0.2) is 57.5 Å². The molecule has 13 atom stereocenters. The lowest BCUT2D eigenvalue weighted by atomic mass is 9.79. The summed E-state index contributed by atoms with van der Waals surface area (Å²) in [6, 6.07) is -24.7. The van der Waals surface area contributed by atoms with E-state index in [1.54, 1.807) is 13.8 Å². The monoisotopic (exact) mass is 1710 g/mol. The highest BCUT2D eigenvalue weighted by molar-refractivity contribution is 5.86. The SMILES string of the molecule is [2H]c1c(OC([2H])([2H])[2H])c(OC)c([2H])c2c1C([2H])([2H])C([2H])([2H])N1C([2H])([2H])C([2H])(C([2H])([2H])C([2H])(C([2H])([2H])[2H])C([2H])([2H])C)C(=O)C([2H])([2H])C21[2H].[2H]c1c(OC([2H])([2H])[2H])c(OC)c([2H])c2c1C([2H])([2H])C([2H])([2H])N1C([2H])([2H])C([2H])(CC(C)C)C(=O)C([2H])([2H])C21[2H].[2H]c1c(OC)c(OC([2H])([2H])[2H])c([2H])c2c1C1([2H])CC(=O)C(C([2H])([2H])C([2H])(C([2H])([2H])[2H])C([2H])([2H])C)C([2H])([2H])N1C([2H])([2H])C2([2H])[2H].[2H]c1c(OC)c(OC([2H])([2H])[2H])c([2H])c2c1C1([2H])CC(=O)C(CC(C)C)C([2H])([2H])N1C([2H])([2H])C2([2H])[2H].[2H]c1c2c(c([2H])c(OC([2H])([2H])[2H])c1OC([2H])([2H])[2H])C1CC(=O)C(C([2H])([2H])C([2H])(C([2H])([2H])[2H])C([2H])([2H])C)CN1CC2. The standard InChI is InChI=1S/3C20H29NO3.2C19H27NO3/c3*1-5-13(2)8-15-12-21-7-6-14-9-19(23-3)20(24-4)10-16(14)17(21)11-18(15)22;2*1-12(2)7-14-11-20-6-5-13-8-18(22-3)19(23-4)9-15(13)16(20)10-17(14)21/h3*9-10,13,15,17H,5-8,11-12H2,1-4H3;2*8-9,12,14,16H,5-7,10-11H2,1-4H3/i2D3,3D3,5D2,6D2,7D2,8D2,9D,10D,11D2,12D2,13D,15D,17D;2D3,3D3,5D2,6D2,7D2,8D2,9D,10D,12D2,13D,17D;2D3,3D3,4D3,5D2,8D2,9D,10D,13D;3D3,5D2,6D2,8D,9D,10D2,11D2,14D,16D;3D3,5D2,6D2,8D,9D,11D2,16D. The molecule has 0 aromatic heterocycles. The lowest BCUT2D eigenvalue weighted by Gasteiger charge is -2.43. The van der Waals surface area contributed by atoms with Crippen LogP contribution in [0.4, 0.5) is 0 Å². The van der Waals surface area contributed by atoms with Gasteiger partial charge in [0.05, 0.1) is 115 Å². The van der Waals surface area contributed by atoms with E-state index in [0.717, 1.165) is 35.4 Å². The molecule has 0 bridgehead atoms. The quantitative estimate of drug-likeness (QED) is 0.0598. The topological polar surface area (TPSA) is 194 Å². The number of nitrogens with zero attached hydrogens (tertiary/aromatic N) is 5. The number of benzene rings is 5. The Morgan fingerprint density at radius 1 is 0.398 bits per heavy atom. The third-order valence-electron chi connectivity index (χ3n) is 18.3. The minimum absolute atomic E-state index is 0.0143. The molecular weight excluding hydrogens is 1490 g/mol. The van der Waals surface area contributed by atoms with Crippen molar-refractivity contribution in [3.63, 3.8) is 0 Å². The Morgan fingerprint density at radius 3 is 1.14 bits per heavy atom. The van der Waals surface area contributed by atoms with Gasteiger partial charge in [0.2, 0.25) is 0 Å². The van der Waals surface area contributed by atoms with Gasteiger partial charge in [-0.3, -0.25) is 48.5 Å². The third kappa shape index (κ3) is 21.0. The maximum atomic E-state index is 14.1. The van der Waals surface area contributed by atoms with Crippen LogP contribution in [0.2, 0.25) is 0 Å². The Morgan fingerprint density at radius 2 is 0.737 bits per heavy atom. The summed E-state index contributed by atoms with van der Waals surface area (Å²) in [6.07, 6.45) is -47.2. The summed E-state index contributed by atoms with van der Waals surface area (Å²) < 4.78 is 762. The van der Waals surface area contributed by atoms with Gasteiger partial charge in [-0.05, 0) is 209 Å². The highest BCUT2D eigenvalue weighted by Crippen LogP contribution is 2.49. The molecule has 5 saturated heterocycles. The predicted molar refractivity (Wildman–Crippen MR) is 465 cm³/mol. The fraction of sp³-hybridized carbons (Fsp3) is 0.643. The Balaban J connectivity index is 0.000000235. The van der Waals surface area contributed by atoms with E-state index in [2.05, 4.69) is 0 Å². The highest BCUT2D eigenvalue weighted by Gasteiger charge is 2.45. The van der Waals surface area contributed by atoms with Gasteiger partial charge in [-0.2, -0.15) is 0 Å². The Kier molecular flexibility index (Phi) is 10.9. The number of hydrogen-bond acceptors (Lipinski definition) is 20. The molecule has 0 radical (unpaired) electrons. The number of ketones is 5. The van der Waals surface area contributed by atoms with Crippen LogP contribution in [-0.2, 0) is 55.9 Å². The number of rotatable bonds is 23. The molecule has 0 N–H and O–H groups in total. The van der Waals surface area contributed by atoms with Gasteiger partial charge in [-0.1, -0.05) is 88.1 Å². The van der Waals surface area contributed by atoms with Crippen molar-refractivity contribution in [3.05, 3.63) is 116 Å². The van der Waals surface area contributed by atoms with Crippen LogP contribution in [-0.4, -0.2) is 189 Å². The smallest absolute Gasteiger partial charge is 0.161 e. The van der Waals surface area contributed by atoms with Crippen LogP contribution in [0.3, 0.4) is 0 Å². The molecule has 5 aromatic rings. The molecule has 10 heterocycles. The number of piperidine rings is 5. The molecule has 0 aliphatic carbocycles. The first-order chi connectivity index (χ1) is 89.8. The number of carbonyl (C=O) groups excluding carboxylic acids is 5. The van der Waals surface area contributed by atoms with E-state index in [0.29, 0.717) is 18.7 Å². The fourth-order valence-corrected chi connectivity index (χ4v) is 12.7. The summed E-state index contributed by atoms with van der Waals surface area (Å²) >= 11 is 0. The minimum atomic E-state index is -4.69. The van der Waals surface area contributed by atoms with E-state index in [1.165, 1.54) is 18.7 Å². The van der Waals surface area contributed by atoms with Crippen molar-refractivity contribution >= 4 is 28.9 Å². The van der Waals surface area contributed by atoms with E-state index in [9.17, 15) is 28.1 Å². The Labute approximate surface area is 826 Å². The van der Waals surface area contributed by atoms with E-state index in [-0.39, 0.29) is 46.2 Å². The van der Waals surface area contributed by atoms with Gasteiger partial charge in [0, 0.05) is 231 Å². The van der Waals surface area contributed by atoms with Crippen molar-refractivity contribution in [1.82, 2.24) is 24.5 Å². The zero-order valence-electron chi connectivity index (χ0n) is 151. The lowest BCUT2D eigenvalue weighted by Crippen LogP contribution is -2.46. The number of hydrogen-bond donors (Lipinski definition) is 0. The van der Waals surface area contributed by atoms with Crippen LogP contribution < -0.4 is 47.4 Å². The van der Waals surface area contributed by atoms with Crippen LogP contribution in [0.25, 0.3) is 0 Å². The van der Waals surface area contributed by atoms with Crippen molar-refractivity contribution in [2.75, 3.05) is 136 Å². The summed E-state index contributed by atoms with van der Waals surface area (Å²) in [5.41, 5.74) is -8.80. The van der Waals surface area contributed by atoms with Crippen molar-refractivity contribution < 1.29 is 189 Å². The summed E-state index contributed by atoms with van der Waals surface area (Å²) in [5.74, 6) is -42.7. The first-order valence-electron chi connectivity index (χ1n) is 78.6. The molecule has 5 aromatic carbocycles. The molecule has 5 fully saturated rings. The summed E-state index contributed by atoms with van der Waals surface area (Å²) in [7, 11) is -15.7. The molecule has 10 aliphatic heterocycles. The summed E-state index contributed by atoms with van der Waals surface area (Å²) in [5, 5.41) is 0. The molecule has 20 nitrogen and oxygen atoms in total. The maximum Gasteiger partial charge on any atom is 0.161 e. The van der Waals surface area contributed by atoms with Crippen LogP contribution >= 0.6 is 0 Å². The van der Waals surface area contributed by atoms with E-state index >= 15 is 0 Å². The molecular formula is C98H141N5O15. The van der Waals surface area contributed by atoms with Gasteiger partial charge >= 0.3 is 0 Å².